The molecule has 2 aromatic carbocycles. The maximum Gasteiger partial charge on any atom is 0.534 e. The highest BCUT2D eigenvalue weighted by Crippen LogP contribution is 2.46. The van der Waals surface area contributed by atoms with Crippen molar-refractivity contribution in [1.82, 2.24) is 4.90 Å². The fraction of sp³-hybridized carbons (Fsp3) is 0.346. The van der Waals surface area contributed by atoms with Gasteiger partial charge in [-0.2, -0.15) is 21.6 Å². The first-order valence-electron chi connectivity index (χ1n) is 11.8. The van der Waals surface area contributed by atoms with Crippen molar-refractivity contribution in [3.05, 3.63) is 83.2 Å². The predicted octanol–water partition coefficient (Wildman–Crippen LogP) is 4.27. The van der Waals surface area contributed by atoms with Gasteiger partial charge in [-0.05, 0) is 31.9 Å². The molecule has 2 aliphatic heterocycles. The predicted molar refractivity (Wildman–Crippen MR) is 136 cm³/mol. The lowest BCUT2D eigenvalue weighted by molar-refractivity contribution is -0.175. The van der Waals surface area contributed by atoms with E-state index in [1.807, 2.05) is 0 Å². The summed E-state index contributed by atoms with van der Waals surface area (Å²) in [5.74, 6) is -6.07. The number of hydrogen-bond donors (Lipinski definition) is 0. The number of ether oxygens (including phenoxy) is 2. The summed E-state index contributed by atoms with van der Waals surface area (Å²) < 4.78 is 78.5. The lowest BCUT2D eigenvalue weighted by Crippen LogP contribution is -2.64. The lowest BCUT2D eigenvalue weighted by atomic mass is 9.96. The first-order chi connectivity index (χ1) is 18.6. The fourth-order valence-corrected chi connectivity index (χ4v) is 5.89. The third kappa shape index (κ3) is 5.97. The van der Waals surface area contributed by atoms with Gasteiger partial charge in [0.1, 0.15) is 11.0 Å². The number of fused-ring (bicyclic) bond motifs is 1. The molecule has 0 N–H and O–H groups in total. The number of benzene rings is 2. The van der Waals surface area contributed by atoms with E-state index in [1.54, 1.807) is 81.4 Å². The maximum atomic E-state index is 13.6. The molecular weight excluding hydrogens is 575 g/mol. The minimum Gasteiger partial charge on any atom is -0.459 e. The summed E-state index contributed by atoms with van der Waals surface area (Å²) in [5, 5.41) is -1.06. The summed E-state index contributed by atoms with van der Waals surface area (Å²) in [5.41, 5.74) is -6.58. The normalized spacial score (nSPS) is 19.6. The Hall–Kier alpha value is -3.52. The number of nitrogens with zero attached hydrogens (tertiary/aromatic N) is 1. The van der Waals surface area contributed by atoms with E-state index >= 15 is 0 Å². The van der Waals surface area contributed by atoms with Crippen LogP contribution in [0, 0.1) is 5.92 Å². The fourth-order valence-electron chi connectivity index (χ4n) is 4.02. The summed E-state index contributed by atoms with van der Waals surface area (Å²) in [7, 11) is -6.19. The Balaban J connectivity index is 1.74. The third-order valence-electron chi connectivity index (χ3n) is 5.71. The molecule has 1 fully saturated rings. The minimum atomic E-state index is -6.19. The van der Waals surface area contributed by atoms with Crippen LogP contribution >= 0.6 is 11.8 Å². The average molecular weight is 600 g/mol. The highest BCUT2D eigenvalue weighted by atomic mass is 32.2. The molecule has 2 atom stereocenters. The molecule has 214 valence electrons. The van der Waals surface area contributed by atoms with E-state index in [1.165, 1.54) is 0 Å². The summed E-state index contributed by atoms with van der Waals surface area (Å²) in [6.45, 7) is 4.76. The number of β-lactam (4-membered cyclic amide) rings is 1. The Bertz CT molecular complexity index is 1400. The van der Waals surface area contributed by atoms with Crippen molar-refractivity contribution in [2.24, 2.45) is 5.92 Å². The van der Waals surface area contributed by atoms with Crippen LogP contribution in [0.3, 0.4) is 0 Å². The largest absolute Gasteiger partial charge is 0.534 e. The molecular formula is C26H24F3NO8S2. The van der Waals surface area contributed by atoms with Gasteiger partial charge in [-0.1, -0.05) is 60.7 Å². The van der Waals surface area contributed by atoms with Gasteiger partial charge in [0, 0.05) is 0 Å². The van der Waals surface area contributed by atoms with E-state index in [0.717, 1.165) is 16.7 Å². The maximum absolute atomic E-state index is 13.6. The Morgan fingerprint density at radius 3 is 1.98 bits per heavy atom. The van der Waals surface area contributed by atoms with Gasteiger partial charge in [0.15, 0.2) is 23.5 Å². The molecule has 9 nitrogen and oxygen atoms in total. The van der Waals surface area contributed by atoms with Crippen molar-refractivity contribution in [2.75, 3.05) is 5.75 Å². The van der Waals surface area contributed by atoms with Gasteiger partial charge in [-0.25, -0.2) is 4.79 Å². The molecule has 1 unspecified atom stereocenters. The first kappa shape index (κ1) is 29.5. The molecule has 2 aliphatic rings. The van der Waals surface area contributed by atoms with E-state index in [9.17, 15) is 36.0 Å². The number of hydrogen-bond acceptors (Lipinski definition) is 9. The van der Waals surface area contributed by atoms with Crippen LogP contribution in [-0.4, -0.2) is 53.4 Å². The van der Waals surface area contributed by atoms with Crippen LogP contribution in [0.4, 0.5) is 13.2 Å². The highest BCUT2D eigenvalue weighted by Gasteiger charge is 2.60. The molecule has 0 aromatic heterocycles. The van der Waals surface area contributed by atoms with Gasteiger partial charge in [0.25, 0.3) is 0 Å². The Kier molecular flexibility index (Phi) is 7.96. The molecule has 0 saturated carbocycles. The summed E-state index contributed by atoms with van der Waals surface area (Å²) in [6.07, 6.45) is -1.08. The number of halogens is 3. The summed E-state index contributed by atoms with van der Waals surface area (Å²) in [6, 6.07) is 16.8. The number of alkyl halides is 3. The molecule has 0 bridgehead atoms. The van der Waals surface area contributed by atoms with Crippen LogP contribution in [0.2, 0.25) is 0 Å². The molecule has 2 heterocycles. The van der Waals surface area contributed by atoms with E-state index in [0.29, 0.717) is 11.1 Å². The van der Waals surface area contributed by atoms with E-state index in [4.69, 9.17) is 9.47 Å². The van der Waals surface area contributed by atoms with Crippen molar-refractivity contribution >= 4 is 39.7 Å². The number of esters is 2. The van der Waals surface area contributed by atoms with Crippen LogP contribution in [0.15, 0.2) is 72.1 Å². The van der Waals surface area contributed by atoms with Crippen molar-refractivity contribution < 1.29 is 49.6 Å². The molecule has 14 heteroatoms. The van der Waals surface area contributed by atoms with Gasteiger partial charge >= 0.3 is 27.6 Å². The third-order valence-corrected chi connectivity index (χ3v) is 7.95. The molecule has 0 aliphatic carbocycles. The van der Waals surface area contributed by atoms with Crippen LogP contribution in [0.25, 0.3) is 0 Å². The van der Waals surface area contributed by atoms with Gasteiger partial charge < -0.3 is 13.7 Å². The number of rotatable bonds is 7. The second-order valence-corrected chi connectivity index (χ2v) is 12.4. The molecule has 2 aromatic rings. The highest BCUT2D eigenvalue weighted by molar-refractivity contribution is 8.00. The molecule has 1 amide bonds. The molecule has 4 rings (SSSR count). The average Bonchev–Trinajstić information content (AvgIpc) is 2.86. The Morgan fingerprint density at radius 2 is 1.50 bits per heavy atom. The van der Waals surface area contributed by atoms with E-state index in [-0.39, 0.29) is 0 Å². The Labute approximate surface area is 232 Å². The number of carbonyl (C=O) groups is 3. The molecule has 0 spiro atoms. The zero-order valence-corrected chi connectivity index (χ0v) is 23.0. The lowest BCUT2D eigenvalue weighted by Gasteiger charge is -2.48. The summed E-state index contributed by atoms with van der Waals surface area (Å²) >= 11 is 0.753. The monoisotopic (exact) mass is 599 g/mol. The molecule has 1 saturated heterocycles. The molecule has 40 heavy (non-hydrogen) atoms. The quantitative estimate of drug-likeness (QED) is 0.151. The second-order valence-electron chi connectivity index (χ2n) is 9.78. The van der Waals surface area contributed by atoms with Gasteiger partial charge in [0.05, 0.1) is 5.75 Å². The summed E-state index contributed by atoms with van der Waals surface area (Å²) in [4.78, 5) is 40.1. The van der Waals surface area contributed by atoms with E-state index < -0.39 is 73.7 Å². The second kappa shape index (κ2) is 10.8. The van der Waals surface area contributed by atoms with Crippen LogP contribution in [0.5, 0.6) is 0 Å². The van der Waals surface area contributed by atoms with Crippen molar-refractivity contribution in [1.29, 1.82) is 0 Å². The SMILES string of the molecule is CC(C)(C)OC(=O)C1C(=O)N2C(C(=O)OC(c3ccccc3)c3ccccc3)=C(OS(=O)(=O)C(F)(F)F)CS[C@@H]12. The zero-order valence-electron chi connectivity index (χ0n) is 21.4. The van der Waals surface area contributed by atoms with Crippen LogP contribution in [-0.2, 0) is 38.2 Å². The Morgan fingerprint density at radius 1 is 0.975 bits per heavy atom. The minimum absolute atomic E-state index is 0.497. The van der Waals surface area contributed by atoms with Gasteiger partial charge in [-0.15, -0.1) is 11.8 Å². The van der Waals surface area contributed by atoms with Crippen molar-refractivity contribution in [3.63, 3.8) is 0 Å². The first-order valence-corrected chi connectivity index (χ1v) is 14.3. The van der Waals surface area contributed by atoms with E-state index in [2.05, 4.69) is 4.18 Å². The van der Waals surface area contributed by atoms with Gasteiger partial charge in [0.2, 0.25) is 5.91 Å². The number of carbonyl (C=O) groups excluding carboxylic acids is 3. The van der Waals surface area contributed by atoms with Crippen LogP contribution in [0.1, 0.15) is 38.0 Å². The number of thioether (sulfide) groups is 1. The van der Waals surface area contributed by atoms with Crippen LogP contribution < -0.4 is 0 Å². The van der Waals surface area contributed by atoms with Crippen molar-refractivity contribution in [3.8, 4) is 0 Å². The molecule has 0 radical (unpaired) electrons. The van der Waals surface area contributed by atoms with Gasteiger partial charge in [-0.3, -0.25) is 14.5 Å². The number of amides is 1. The standard InChI is InChI=1S/C26H24F3NO8S2/c1-25(2,3)37-23(32)18-21(31)30-19(17(14-39-22(18)30)38-40(34,35)26(27,28)29)24(33)36-20(15-10-6-4-7-11-15)16-12-8-5-9-13-16/h4-13,18,20,22H,14H2,1-3H3/t18?,22-/m0/s1. The van der Waals surface area contributed by atoms with Crippen molar-refractivity contribution in [2.45, 2.75) is 43.4 Å². The smallest absolute Gasteiger partial charge is 0.459 e. The zero-order chi connectivity index (χ0) is 29.5. The topological polar surface area (TPSA) is 116 Å².